The third-order valence-corrected chi connectivity index (χ3v) is 4.44. The van der Waals surface area contributed by atoms with E-state index >= 15 is 0 Å². The van der Waals surface area contributed by atoms with E-state index < -0.39 is 0 Å². The summed E-state index contributed by atoms with van der Waals surface area (Å²) in [5.41, 5.74) is 1.12. The molecule has 2 aromatic rings. The van der Waals surface area contributed by atoms with Crippen molar-refractivity contribution in [3.63, 3.8) is 0 Å². The van der Waals surface area contributed by atoms with Gasteiger partial charge < -0.3 is 19.4 Å². The number of amides is 1. The Bertz CT molecular complexity index is 678. The van der Waals surface area contributed by atoms with Gasteiger partial charge in [0.2, 0.25) is 0 Å². The molecule has 1 aromatic carbocycles. The lowest BCUT2D eigenvalue weighted by atomic mass is 9.99. The lowest BCUT2D eigenvalue weighted by molar-refractivity contribution is -0.123. The van der Waals surface area contributed by atoms with Crippen molar-refractivity contribution in [2.24, 2.45) is 0 Å². The van der Waals surface area contributed by atoms with E-state index in [9.17, 15) is 4.79 Å². The summed E-state index contributed by atoms with van der Waals surface area (Å²) in [7, 11) is 0. The van der Waals surface area contributed by atoms with Crippen molar-refractivity contribution in [1.82, 2.24) is 14.9 Å². The molecule has 3 rings (SSSR count). The highest BCUT2D eigenvalue weighted by Gasteiger charge is 2.21. The fraction of sp³-hybridized carbons (Fsp3) is 0.474. The molecule has 6 heteroatoms. The molecule has 0 spiro atoms. The fourth-order valence-corrected chi connectivity index (χ4v) is 3.08. The number of hydrogen-bond donors (Lipinski definition) is 1. The van der Waals surface area contributed by atoms with Gasteiger partial charge in [0, 0.05) is 44.1 Å². The Kier molecular flexibility index (Phi) is 6.06. The second kappa shape index (κ2) is 8.67. The Balaban J connectivity index is 1.47. The molecule has 0 aliphatic carbocycles. The summed E-state index contributed by atoms with van der Waals surface area (Å²) < 4.78 is 13.1. The molecule has 1 amide bonds. The predicted molar refractivity (Wildman–Crippen MR) is 94.7 cm³/mol. The number of carbonyl (C=O) groups excluding carboxylic acids is 1. The van der Waals surface area contributed by atoms with Crippen molar-refractivity contribution in [2.45, 2.75) is 32.2 Å². The number of ether oxygens (including phenoxy) is 2. The van der Waals surface area contributed by atoms with Crippen LogP contribution in [-0.4, -0.2) is 41.8 Å². The molecule has 0 radical (unpaired) electrons. The van der Waals surface area contributed by atoms with E-state index in [1.807, 2.05) is 36.5 Å². The van der Waals surface area contributed by atoms with Crippen LogP contribution in [0.2, 0.25) is 0 Å². The first kappa shape index (κ1) is 17.5. The van der Waals surface area contributed by atoms with Crippen molar-refractivity contribution in [1.29, 1.82) is 0 Å². The van der Waals surface area contributed by atoms with Crippen LogP contribution in [0.1, 0.15) is 30.3 Å². The number of nitrogens with one attached hydrogen (secondary N) is 1. The normalized spacial score (nSPS) is 15.1. The highest BCUT2D eigenvalue weighted by atomic mass is 16.5. The van der Waals surface area contributed by atoms with E-state index in [2.05, 4.69) is 21.8 Å². The Morgan fingerprint density at radius 3 is 2.84 bits per heavy atom. The van der Waals surface area contributed by atoms with E-state index in [1.54, 1.807) is 0 Å². The van der Waals surface area contributed by atoms with Crippen LogP contribution in [-0.2, 0) is 16.1 Å². The second-order valence-corrected chi connectivity index (χ2v) is 6.25. The van der Waals surface area contributed by atoms with Gasteiger partial charge in [-0.3, -0.25) is 4.79 Å². The van der Waals surface area contributed by atoms with Gasteiger partial charge in [0.15, 0.2) is 6.61 Å². The topological polar surface area (TPSA) is 65.4 Å². The number of imidazole rings is 1. The third kappa shape index (κ3) is 4.82. The van der Waals surface area contributed by atoms with Gasteiger partial charge in [-0.1, -0.05) is 18.2 Å². The summed E-state index contributed by atoms with van der Waals surface area (Å²) in [6.07, 6.45) is 3.92. The van der Waals surface area contributed by atoms with Gasteiger partial charge in [0.1, 0.15) is 11.6 Å². The lowest BCUT2D eigenvalue weighted by Gasteiger charge is -2.23. The van der Waals surface area contributed by atoms with Gasteiger partial charge in [-0.05, 0) is 31.9 Å². The van der Waals surface area contributed by atoms with E-state index in [0.29, 0.717) is 18.2 Å². The summed E-state index contributed by atoms with van der Waals surface area (Å²) >= 11 is 0. The van der Waals surface area contributed by atoms with E-state index in [-0.39, 0.29) is 12.5 Å². The van der Waals surface area contributed by atoms with Crippen molar-refractivity contribution >= 4 is 5.91 Å². The summed E-state index contributed by atoms with van der Waals surface area (Å²) in [6.45, 7) is 4.95. The van der Waals surface area contributed by atoms with Crippen LogP contribution in [0.15, 0.2) is 36.5 Å². The molecule has 0 atom stereocenters. The first-order valence-electron chi connectivity index (χ1n) is 8.78. The number of aromatic nitrogens is 2. The average Bonchev–Trinajstić information content (AvgIpc) is 3.02. The number of hydrogen-bond acceptors (Lipinski definition) is 4. The molecule has 134 valence electrons. The minimum atomic E-state index is -0.116. The number of rotatable bonds is 7. The molecule has 1 aliphatic rings. The van der Waals surface area contributed by atoms with Crippen LogP contribution >= 0.6 is 0 Å². The smallest absolute Gasteiger partial charge is 0.258 e. The van der Waals surface area contributed by atoms with Crippen molar-refractivity contribution < 1.29 is 14.3 Å². The number of nitrogens with zero attached hydrogens (tertiary/aromatic N) is 2. The van der Waals surface area contributed by atoms with Gasteiger partial charge in [-0.15, -0.1) is 0 Å². The molecule has 1 N–H and O–H groups in total. The maximum Gasteiger partial charge on any atom is 0.258 e. The Morgan fingerprint density at radius 1 is 1.32 bits per heavy atom. The van der Waals surface area contributed by atoms with Crippen LogP contribution in [0.3, 0.4) is 0 Å². The highest BCUT2D eigenvalue weighted by Crippen LogP contribution is 2.26. The lowest BCUT2D eigenvalue weighted by Crippen LogP contribution is -2.32. The van der Waals surface area contributed by atoms with E-state index in [4.69, 9.17) is 9.47 Å². The van der Waals surface area contributed by atoms with Gasteiger partial charge in [-0.2, -0.15) is 0 Å². The van der Waals surface area contributed by atoms with Crippen LogP contribution in [0, 0.1) is 6.92 Å². The standard InChI is InChI=1S/C19H25N3O3/c1-15-13-21-19(16-7-11-24-12-8-16)22(15)10-9-20-18(23)14-25-17-5-3-2-4-6-17/h2-6,13,16H,7-12,14H2,1H3,(H,20,23). The molecule has 0 unspecified atom stereocenters. The quantitative estimate of drug-likeness (QED) is 0.838. The SMILES string of the molecule is Cc1cnc(C2CCOCC2)n1CCNC(=O)COc1ccccc1. The Hall–Kier alpha value is -2.34. The van der Waals surface area contributed by atoms with Gasteiger partial charge in [0.25, 0.3) is 5.91 Å². The number of benzene rings is 1. The number of aryl methyl sites for hydroxylation is 1. The zero-order chi connectivity index (χ0) is 17.5. The summed E-state index contributed by atoms with van der Waals surface area (Å²) in [6, 6.07) is 9.35. The zero-order valence-corrected chi connectivity index (χ0v) is 14.6. The maximum atomic E-state index is 11.9. The van der Waals surface area contributed by atoms with Crippen molar-refractivity contribution in [2.75, 3.05) is 26.4 Å². The molecule has 2 heterocycles. The first-order chi connectivity index (χ1) is 12.2. The third-order valence-electron chi connectivity index (χ3n) is 4.44. The molecular formula is C19H25N3O3. The largest absolute Gasteiger partial charge is 0.484 e. The Labute approximate surface area is 148 Å². The average molecular weight is 343 g/mol. The van der Waals surface area contributed by atoms with E-state index in [0.717, 1.165) is 44.1 Å². The molecule has 1 aromatic heterocycles. The van der Waals surface area contributed by atoms with Crippen LogP contribution < -0.4 is 10.1 Å². The van der Waals surface area contributed by atoms with Crippen molar-refractivity contribution in [3.05, 3.63) is 48.0 Å². The zero-order valence-electron chi connectivity index (χ0n) is 14.6. The predicted octanol–water partition coefficient (Wildman–Crippen LogP) is 2.28. The van der Waals surface area contributed by atoms with Crippen LogP contribution in [0.4, 0.5) is 0 Å². The minimum Gasteiger partial charge on any atom is -0.484 e. The molecule has 0 saturated carbocycles. The molecule has 1 aliphatic heterocycles. The molecular weight excluding hydrogens is 318 g/mol. The van der Waals surface area contributed by atoms with Crippen LogP contribution in [0.5, 0.6) is 5.75 Å². The van der Waals surface area contributed by atoms with Gasteiger partial charge in [-0.25, -0.2) is 4.98 Å². The molecule has 6 nitrogen and oxygen atoms in total. The Morgan fingerprint density at radius 2 is 2.08 bits per heavy atom. The van der Waals surface area contributed by atoms with Gasteiger partial charge >= 0.3 is 0 Å². The molecule has 0 bridgehead atoms. The maximum absolute atomic E-state index is 11.9. The van der Waals surface area contributed by atoms with Crippen molar-refractivity contribution in [3.8, 4) is 5.75 Å². The summed E-state index contributed by atoms with van der Waals surface area (Å²) in [5, 5.41) is 2.91. The number of carbonyl (C=O) groups is 1. The van der Waals surface area contributed by atoms with Crippen LogP contribution in [0.25, 0.3) is 0 Å². The fourth-order valence-electron chi connectivity index (χ4n) is 3.08. The highest BCUT2D eigenvalue weighted by molar-refractivity contribution is 5.77. The monoisotopic (exact) mass is 343 g/mol. The molecule has 1 saturated heterocycles. The first-order valence-corrected chi connectivity index (χ1v) is 8.78. The number of para-hydroxylation sites is 1. The summed E-state index contributed by atoms with van der Waals surface area (Å²) in [4.78, 5) is 16.5. The minimum absolute atomic E-state index is 0.0275. The van der Waals surface area contributed by atoms with Gasteiger partial charge in [0.05, 0.1) is 0 Å². The second-order valence-electron chi connectivity index (χ2n) is 6.25. The molecule has 1 fully saturated rings. The molecule has 25 heavy (non-hydrogen) atoms. The summed E-state index contributed by atoms with van der Waals surface area (Å²) in [5.74, 6) is 2.13. The van der Waals surface area contributed by atoms with E-state index in [1.165, 1.54) is 0 Å².